The zero-order chi connectivity index (χ0) is 21.3. The Morgan fingerprint density at radius 1 is 1.17 bits per heavy atom. The zero-order valence-electron chi connectivity index (χ0n) is 15.8. The van der Waals surface area contributed by atoms with Crippen LogP contribution in [-0.4, -0.2) is 15.5 Å². The molecule has 0 spiro atoms. The summed E-state index contributed by atoms with van der Waals surface area (Å²) in [5.74, 6) is -0.558. The Bertz CT molecular complexity index is 1280. The van der Waals surface area contributed by atoms with Gasteiger partial charge in [-0.25, -0.2) is 9.78 Å². The maximum atomic E-state index is 12.9. The molecule has 0 unspecified atom stereocenters. The van der Waals surface area contributed by atoms with Gasteiger partial charge in [-0.05, 0) is 19.1 Å². The largest absolute Gasteiger partial charge is 0.455 e. The molecule has 152 valence electrons. The van der Waals surface area contributed by atoms with Gasteiger partial charge in [-0.15, -0.1) is 0 Å². The second-order valence-electron chi connectivity index (χ2n) is 6.54. The van der Waals surface area contributed by atoms with E-state index in [1.54, 1.807) is 25.1 Å². The van der Waals surface area contributed by atoms with Crippen LogP contribution in [0.25, 0.3) is 22.3 Å². The average Bonchev–Trinajstić information content (AvgIpc) is 3.24. The quantitative estimate of drug-likeness (QED) is 0.445. The molecule has 6 nitrogen and oxygen atoms in total. The average molecular weight is 410 g/mol. The van der Waals surface area contributed by atoms with E-state index >= 15 is 0 Å². The fraction of sp³-hybridized carbons (Fsp3) is 0.136. The minimum atomic E-state index is -2.80. The predicted molar refractivity (Wildman–Crippen MR) is 105 cm³/mol. The first-order chi connectivity index (χ1) is 14.5. The van der Waals surface area contributed by atoms with Crippen molar-refractivity contribution in [3.05, 3.63) is 88.1 Å². The summed E-state index contributed by atoms with van der Waals surface area (Å²) >= 11 is 0. The number of alkyl halides is 2. The minimum Gasteiger partial charge on any atom is -0.455 e. The molecule has 0 atom stereocenters. The fourth-order valence-electron chi connectivity index (χ4n) is 3.18. The summed E-state index contributed by atoms with van der Waals surface area (Å²) in [7, 11) is 0. The zero-order valence-corrected chi connectivity index (χ0v) is 15.8. The molecule has 2 aromatic carbocycles. The van der Waals surface area contributed by atoms with Gasteiger partial charge in [-0.3, -0.25) is 9.36 Å². The van der Waals surface area contributed by atoms with Crippen LogP contribution in [0.2, 0.25) is 0 Å². The molecule has 0 N–H and O–H groups in total. The van der Waals surface area contributed by atoms with Crippen molar-refractivity contribution in [3.8, 4) is 11.3 Å². The smallest absolute Gasteiger partial charge is 0.342 e. The topological polar surface area (TPSA) is 74.3 Å². The molecule has 0 bridgehead atoms. The maximum absolute atomic E-state index is 12.9. The number of hydrogen-bond donors (Lipinski definition) is 0. The molecule has 4 aromatic rings. The Morgan fingerprint density at radius 2 is 1.93 bits per heavy atom. The third kappa shape index (κ3) is 3.47. The van der Waals surface area contributed by atoms with Crippen molar-refractivity contribution in [1.29, 1.82) is 0 Å². The Hall–Kier alpha value is -3.81. The van der Waals surface area contributed by atoms with Gasteiger partial charge in [0, 0.05) is 23.5 Å². The molecule has 30 heavy (non-hydrogen) atoms. The van der Waals surface area contributed by atoms with E-state index in [9.17, 15) is 18.4 Å². The summed E-state index contributed by atoms with van der Waals surface area (Å²) in [6.45, 7) is -1.59. The molecule has 8 heteroatoms. The van der Waals surface area contributed by atoms with Crippen molar-refractivity contribution < 1.29 is 22.7 Å². The molecular weight excluding hydrogens is 394 g/mol. The molecule has 0 aliphatic carbocycles. The van der Waals surface area contributed by atoms with Crippen molar-refractivity contribution in [2.75, 3.05) is 0 Å². The lowest BCUT2D eigenvalue weighted by atomic mass is 10.0. The summed E-state index contributed by atoms with van der Waals surface area (Å²) in [4.78, 5) is 29.3. The monoisotopic (exact) mass is 410 g/mol. The van der Waals surface area contributed by atoms with E-state index in [1.165, 1.54) is 18.3 Å². The number of aromatic nitrogens is 2. The molecule has 0 fully saturated rings. The van der Waals surface area contributed by atoms with E-state index in [0.29, 0.717) is 21.5 Å². The van der Waals surface area contributed by atoms with Crippen LogP contribution in [0.4, 0.5) is 8.78 Å². The van der Waals surface area contributed by atoms with E-state index in [4.69, 9.17) is 9.15 Å². The Balaban J connectivity index is 1.74. The van der Waals surface area contributed by atoms with Crippen LogP contribution in [0, 0.1) is 6.92 Å². The fourth-order valence-corrected chi connectivity index (χ4v) is 3.18. The van der Waals surface area contributed by atoms with Gasteiger partial charge in [0.15, 0.2) is 16.8 Å². The number of carbonyl (C=O) groups is 1. The molecule has 0 radical (unpaired) electrons. The number of nitrogens with zero attached hydrogens (tertiary/aromatic N) is 2. The summed E-state index contributed by atoms with van der Waals surface area (Å²) in [5.41, 5.74) is 0.943. The number of esters is 1. The van der Waals surface area contributed by atoms with Crippen LogP contribution >= 0.6 is 0 Å². The third-order valence-electron chi connectivity index (χ3n) is 4.69. The minimum absolute atomic E-state index is 0.0249. The number of carbonyl (C=O) groups excluding carboxylic acids is 1. The second kappa shape index (κ2) is 7.90. The van der Waals surface area contributed by atoms with Crippen LogP contribution in [0.3, 0.4) is 0 Å². The lowest BCUT2D eigenvalue weighted by Crippen LogP contribution is -2.13. The SMILES string of the molecule is Cc1c(-c2ccccc2)oc2c(C(=O)OCc3nccn3C(F)F)cccc2c1=O. The van der Waals surface area contributed by atoms with Crippen LogP contribution in [0.15, 0.2) is 70.1 Å². The van der Waals surface area contributed by atoms with Gasteiger partial charge < -0.3 is 9.15 Å². The summed E-state index contributed by atoms with van der Waals surface area (Å²) in [6.07, 6.45) is 2.29. The van der Waals surface area contributed by atoms with Gasteiger partial charge >= 0.3 is 12.5 Å². The number of ether oxygens (including phenoxy) is 1. The molecular formula is C22H16F2N2O4. The van der Waals surface area contributed by atoms with Crippen LogP contribution in [0.1, 0.15) is 28.3 Å². The van der Waals surface area contributed by atoms with Crippen LogP contribution in [0.5, 0.6) is 0 Å². The molecule has 0 saturated carbocycles. The molecule has 4 rings (SSSR count). The van der Waals surface area contributed by atoms with Gasteiger partial charge in [0.2, 0.25) is 0 Å². The Morgan fingerprint density at radius 3 is 2.67 bits per heavy atom. The Labute approximate surface area is 169 Å². The summed E-state index contributed by atoms with van der Waals surface area (Å²) in [6, 6.07) is 13.6. The third-order valence-corrected chi connectivity index (χ3v) is 4.69. The number of fused-ring (bicyclic) bond motifs is 1. The highest BCUT2D eigenvalue weighted by molar-refractivity contribution is 6.02. The predicted octanol–water partition coefficient (Wildman–Crippen LogP) is 4.72. The number of halogens is 2. The van der Waals surface area contributed by atoms with Gasteiger partial charge in [0.1, 0.15) is 17.9 Å². The van der Waals surface area contributed by atoms with E-state index in [0.717, 1.165) is 6.20 Å². The molecule has 0 aliphatic heterocycles. The van der Waals surface area contributed by atoms with Crippen molar-refractivity contribution >= 4 is 16.9 Å². The normalized spacial score (nSPS) is 11.2. The van der Waals surface area contributed by atoms with Crippen LogP contribution in [-0.2, 0) is 11.3 Å². The van der Waals surface area contributed by atoms with Crippen molar-refractivity contribution in [3.63, 3.8) is 0 Å². The highest BCUT2D eigenvalue weighted by Crippen LogP contribution is 2.27. The van der Waals surface area contributed by atoms with Crippen molar-refractivity contribution in [2.45, 2.75) is 20.1 Å². The maximum Gasteiger partial charge on any atom is 0.342 e. The lowest BCUT2D eigenvalue weighted by molar-refractivity contribution is 0.0377. The highest BCUT2D eigenvalue weighted by atomic mass is 19.3. The Kier molecular flexibility index (Phi) is 5.14. The van der Waals surface area contributed by atoms with E-state index in [1.807, 2.05) is 18.2 Å². The molecule has 0 amide bonds. The lowest BCUT2D eigenvalue weighted by Gasteiger charge is -2.11. The number of imidazole rings is 1. The molecule has 2 aromatic heterocycles. The molecule has 0 aliphatic rings. The highest BCUT2D eigenvalue weighted by Gasteiger charge is 2.20. The summed E-state index contributed by atoms with van der Waals surface area (Å²) < 4.78 is 37.6. The molecule has 2 heterocycles. The first-order valence-corrected chi connectivity index (χ1v) is 9.06. The van der Waals surface area contributed by atoms with Gasteiger partial charge in [0.05, 0.1) is 5.39 Å². The number of para-hydroxylation sites is 1. The van der Waals surface area contributed by atoms with Gasteiger partial charge in [-0.2, -0.15) is 8.78 Å². The van der Waals surface area contributed by atoms with E-state index in [2.05, 4.69) is 4.98 Å². The van der Waals surface area contributed by atoms with Crippen LogP contribution < -0.4 is 5.43 Å². The van der Waals surface area contributed by atoms with Gasteiger partial charge in [0.25, 0.3) is 0 Å². The first kappa shape index (κ1) is 19.5. The number of benzene rings is 2. The molecule has 0 saturated heterocycles. The number of hydrogen-bond acceptors (Lipinski definition) is 5. The second-order valence-corrected chi connectivity index (χ2v) is 6.54. The first-order valence-electron chi connectivity index (χ1n) is 9.06. The summed E-state index contributed by atoms with van der Waals surface area (Å²) in [5, 5.41) is 0.232. The van der Waals surface area contributed by atoms with E-state index < -0.39 is 19.1 Å². The van der Waals surface area contributed by atoms with Crippen molar-refractivity contribution in [1.82, 2.24) is 9.55 Å². The van der Waals surface area contributed by atoms with Crippen molar-refractivity contribution in [2.24, 2.45) is 0 Å². The number of rotatable bonds is 5. The standard InChI is InChI=1S/C22H16F2N2O4/c1-13-18(27)15-8-5-9-16(20(15)30-19(13)14-6-3-2-4-7-14)21(28)29-12-17-25-10-11-26(17)22(23)24/h2-11,22H,12H2,1H3. The van der Waals surface area contributed by atoms with E-state index in [-0.39, 0.29) is 27.8 Å². The van der Waals surface area contributed by atoms with Gasteiger partial charge in [-0.1, -0.05) is 36.4 Å².